The van der Waals surface area contributed by atoms with Crippen LogP contribution in [0.4, 0.5) is 11.5 Å². The molecule has 0 aromatic carbocycles. The lowest BCUT2D eigenvalue weighted by Gasteiger charge is -2.05. The molecule has 1 heterocycles. The summed E-state index contributed by atoms with van der Waals surface area (Å²) in [6.45, 7) is 6.30. The van der Waals surface area contributed by atoms with Crippen molar-refractivity contribution in [2.45, 2.75) is 19.8 Å². The highest BCUT2D eigenvalue weighted by atomic mass is 32.2. The molecule has 0 saturated heterocycles. The molecule has 1 N–H and O–H groups in total. The van der Waals surface area contributed by atoms with Gasteiger partial charge in [0.25, 0.3) is 0 Å². The van der Waals surface area contributed by atoms with Crippen molar-refractivity contribution in [3.8, 4) is 0 Å². The van der Waals surface area contributed by atoms with Crippen molar-refractivity contribution < 1.29 is 4.92 Å². The molecule has 0 spiro atoms. The molecule has 0 radical (unpaired) electrons. The molecule has 0 bridgehead atoms. The molecule has 19 heavy (non-hydrogen) atoms. The third-order valence-corrected chi connectivity index (χ3v) is 3.50. The fourth-order valence-corrected chi connectivity index (χ4v) is 2.35. The largest absolute Gasteiger partial charge is 0.364 e. The minimum atomic E-state index is -0.350. The Bertz CT molecular complexity index is 445. The Morgan fingerprint density at radius 2 is 2.37 bits per heavy atom. The van der Waals surface area contributed by atoms with Gasteiger partial charge in [0, 0.05) is 25.1 Å². The van der Waals surface area contributed by atoms with Gasteiger partial charge in [-0.15, -0.1) is 6.58 Å². The Labute approximate surface area is 117 Å². The maximum atomic E-state index is 11.2. The zero-order valence-corrected chi connectivity index (χ0v) is 12.2. The molecule has 0 aliphatic carbocycles. The molecule has 0 aliphatic rings. The van der Waals surface area contributed by atoms with Gasteiger partial charge < -0.3 is 5.32 Å². The number of nitro groups is 1. The normalized spacial score (nSPS) is 10.4. The van der Waals surface area contributed by atoms with E-state index in [1.165, 1.54) is 0 Å². The molecule has 0 fully saturated rings. The molecule has 1 rings (SSSR count). The van der Waals surface area contributed by atoms with Gasteiger partial charge in [-0.2, -0.15) is 16.9 Å². The number of aromatic nitrogens is 2. The van der Waals surface area contributed by atoms with Crippen LogP contribution >= 0.6 is 11.8 Å². The lowest BCUT2D eigenvalue weighted by Crippen LogP contribution is -2.09. The Kier molecular flexibility index (Phi) is 6.41. The first kappa shape index (κ1) is 15.6. The lowest BCUT2D eigenvalue weighted by atomic mass is 10.2. The van der Waals surface area contributed by atoms with Crippen LogP contribution in [0.5, 0.6) is 0 Å². The van der Waals surface area contributed by atoms with E-state index in [1.807, 2.05) is 13.0 Å². The van der Waals surface area contributed by atoms with Crippen LogP contribution in [0.25, 0.3) is 0 Å². The fraction of sp³-hybridized carbons (Fsp3) is 0.583. The smallest absolute Gasteiger partial charge is 0.333 e. The third kappa shape index (κ3) is 4.27. The maximum absolute atomic E-state index is 11.2. The highest BCUT2D eigenvalue weighted by molar-refractivity contribution is 7.99. The molecule has 0 unspecified atom stereocenters. The molecule has 1 aromatic heterocycles. The van der Waals surface area contributed by atoms with Crippen LogP contribution < -0.4 is 5.32 Å². The van der Waals surface area contributed by atoms with Crippen LogP contribution in [-0.4, -0.2) is 32.8 Å². The summed E-state index contributed by atoms with van der Waals surface area (Å²) in [6, 6.07) is 0. The van der Waals surface area contributed by atoms with Crippen molar-refractivity contribution in [1.29, 1.82) is 0 Å². The SMILES string of the molecule is C=CCSCCNc1c([N+](=O)[O-])c(CCC)nn1C. The van der Waals surface area contributed by atoms with Crippen LogP contribution in [0.3, 0.4) is 0 Å². The van der Waals surface area contributed by atoms with Crippen molar-refractivity contribution >= 4 is 23.3 Å². The van der Waals surface area contributed by atoms with Gasteiger partial charge in [-0.1, -0.05) is 19.4 Å². The quantitative estimate of drug-likeness (QED) is 0.326. The second-order valence-corrected chi connectivity index (χ2v) is 5.21. The predicted octanol–water partition coefficient (Wildman–Crippen LogP) is 2.61. The van der Waals surface area contributed by atoms with Crippen LogP contribution in [0.15, 0.2) is 12.7 Å². The van der Waals surface area contributed by atoms with Crippen molar-refractivity contribution in [2.24, 2.45) is 7.05 Å². The number of anilines is 1. The number of hydrogen-bond acceptors (Lipinski definition) is 5. The van der Waals surface area contributed by atoms with E-state index >= 15 is 0 Å². The van der Waals surface area contributed by atoms with E-state index in [4.69, 9.17) is 0 Å². The number of nitrogens with one attached hydrogen (secondary N) is 1. The molecule has 106 valence electrons. The zero-order chi connectivity index (χ0) is 14.3. The van der Waals surface area contributed by atoms with Crippen LogP contribution in [-0.2, 0) is 13.5 Å². The van der Waals surface area contributed by atoms with Gasteiger partial charge in [-0.05, 0) is 6.42 Å². The first-order valence-electron chi connectivity index (χ1n) is 6.24. The second-order valence-electron chi connectivity index (χ2n) is 4.06. The van der Waals surface area contributed by atoms with E-state index in [0.29, 0.717) is 24.5 Å². The summed E-state index contributed by atoms with van der Waals surface area (Å²) >= 11 is 1.73. The standard InChI is InChI=1S/C12H20N4O2S/c1-4-6-10-11(16(17)18)12(15(3)14-10)13-7-9-19-8-5-2/h5,13H,2,4,6-9H2,1,3H3. The summed E-state index contributed by atoms with van der Waals surface area (Å²) in [7, 11) is 1.73. The Morgan fingerprint density at radius 1 is 1.63 bits per heavy atom. The average Bonchev–Trinajstić information content (AvgIpc) is 2.66. The molecular formula is C12H20N4O2S. The minimum Gasteiger partial charge on any atom is -0.364 e. The highest BCUT2D eigenvalue weighted by Crippen LogP contribution is 2.28. The monoisotopic (exact) mass is 284 g/mol. The van der Waals surface area contributed by atoms with Gasteiger partial charge in [0.1, 0.15) is 5.69 Å². The van der Waals surface area contributed by atoms with E-state index in [0.717, 1.165) is 17.9 Å². The van der Waals surface area contributed by atoms with Gasteiger partial charge >= 0.3 is 5.69 Å². The number of nitrogens with zero attached hydrogens (tertiary/aromatic N) is 3. The van der Waals surface area contributed by atoms with E-state index in [1.54, 1.807) is 23.5 Å². The Hall–Kier alpha value is -1.50. The predicted molar refractivity (Wildman–Crippen MR) is 79.9 cm³/mol. The topological polar surface area (TPSA) is 73.0 Å². The number of aryl methyl sites for hydroxylation is 2. The van der Waals surface area contributed by atoms with Crippen molar-refractivity contribution in [3.63, 3.8) is 0 Å². The first-order chi connectivity index (χ1) is 9.11. The fourth-order valence-electron chi connectivity index (χ4n) is 1.77. The van der Waals surface area contributed by atoms with Gasteiger partial charge in [0.2, 0.25) is 5.82 Å². The van der Waals surface area contributed by atoms with Crippen molar-refractivity contribution in [3.05, 3.63) is 28.5 Å². The number of rotatable bonds is 9. The molecule has 1 aromatic rings. The van der Waals surface area contributed by atoms with Crippen LogP contribution in [0.1, 0.15) is 19.0 Å². The summed E-state index contributed by atoms with van der Waals surface area (Å²) < 4.78 is 1.56. The van der Waals surface area contributed by atoms with E-state index in [9.17, 15) is 10.1 Å². The van der Waals surface area contributed by atoms with E-state index in [-0.39, 0.29) is 10.6 Å². The average molecular weight is 284 g/mol. The summed E-state index contributed by atoms with van der Waals surface area (Å²) in [5.74, 6) is 2.25. The van der Waals surface area contributed by atoms with Gasteiger partial charge in [-0.25, -0.2) is 4.68 Å². The zero-order valence-electron chi connectivity index (χ0n) is 11.4. The molecule has 0 aliphatic heterocycles. The Morgan fingerprint density at radius 3 is 2.95 bits per heavy atom. The lowest BCUT2D eigenvalue weighted by molar-refractivity contribution is -0.384. The molecule has 0 atom stereocenters. The third-order valence-electron chi connectivity index (χ3n) is 2.54. The maximum Gasteiger partial charge on any atom is 0.333 e. The van der Waals surface area contributed by atoms with Crippen molar-refractivity contribution in [2.75, 3.05) is 23.4 Å². The number of thioether (sulfide) groups is 1. The molecule has 7 heteroatoms. The van der Waals surface area contributed by atoms with E-state index < -0.39 is 0 Å². The van der Waals surface area contributed by atoms with Gasteiger partial charge in [-0.3, -0.25) is 10.1 Å². The second kappa shape index (κ2) is 7.83. The summed E-state index contributed by atoms with van der Waals surface area (Å²) in [6.07, 6.45) is 3.31. The van der Waals surface area contributed by atoms with Crippen molar-refractivity contribution in [1.82, 2.24) is 9.78 Å². The Balaban J connectivity index is 2.75. The van der Waals surface area contributed by atoms with Crippen LogP contribution in [0, 0.1) is 10.1 Å². The molecule has 0 saturated carbocycles. The number of hydrogen-bond donors (Lipinski definition) is 1. The van der Waals surface area contributed by atoms with Gasteiger partial charge in [0.15, 0.2) is 0 Å². The first-order valence-corrected chi connectivity index (χ1v) is 7.40. The highest BCUT2D eigenvalue weighted by Gasteiger charge is 2.25. The van der Waals surface area contributed by atoms with Gasteiger partial charge in [0.05, 0.1) is 4.92 Å². The van der Waals surface area contributed by atoms with E-state index in [2.05, 4.69) is 17.0 Å². The summed E-state index contributed by atoms with van der Waals surface area (Å²) in [5.41, 5.74) is 0.661. The summed E-state index contributed by atoms with van der Waals surface area (Å²) in [4.78, 5) is 10.8. The molecule has 0 amide bonds. The summed E-state index contributed by atoms with van der Waals surface area (Å²) in [5, 5.41) is 18.5. The molecular weight excluding hydrogens is 264 g/mol. The van der Waals surface area contributed by atoms with Crippen LogP contribution in [0.2, 0.25) is 0 Å². The molecule has 6 nitrogen and oxygen atoms in total. The minimum absolute atomic E-state index is 0.109.